The normalized spacial score (nSPS) is 36.3. The van der Waals surface area contributed by atoms with Crippen molar-refractivity contribution in [2.24, 2.45) is 0 Å². The van der Waals surface area contributed by atoms with E-state index in [0.717, 1.165) is 44.0 Å². The van der Waals surface area contributed by atoms with Gasteiger partial charge in [-0.3, -0.25) is 9.69 Å². The quantitative estimate of drug-likeness (QED) is 0.669. The van der Waals surface area contributed by atoms with Crippen LogP contribution >= 0.6 is 0 Å². The molecule has 0 aromatic carbocycles. The zero-order chi connectivity index (χ0) is 16.4. The fourth-order valence-corrected chi connectivity index (χ4v) is 4.05. The van der Waals surface area contributed by atoms with Gasteiger partial charge in [-0.25, -0.2) is 0 Å². The van der Waals surface area contributed by atoms with Crippen molar-refractivity contribution in [1.82, 2.24) is 20.2 Å². The van der Waals surface area contributed by atoms with Gasteiger partial charge in [-0.1, -0.05) is 13.3 Å². The molecule has 7 heteroatoms. The van der Waals surface area contributed by atoms with Crippen LogP contribution in [-0.4, -0.2) is 81.7 Å². The molecule has 3 saturated heterocycles. The van der Waals surface area contributed by atoms with Crippen LogP contribution in [0.5, 0.6) is 0 Å². The maximum atomic E-state index is 12.6. The van der Waals surface area contributed by atoms with Crippen molar-refractivity contribution in [1.29, 1.82) is 0 Å². The van der Waals surface area contributed by atoms with E-state index in [-0.39, 0.29) is 24.0 Å². The third-order valence-corrected chi connectivity index (χ3v) is 5.57. The van der Waals surface area contributed by atoms with Gasteiger partial charge in [-0.05, 0) is 38.6 Å². The lowest BCUT2D eigenvalue weighted by Gasteiger charge is -2.35. The van der Waals surface area contributed by atoms with Gasteiger partial charge >= 0.3 is 0 Å². The predicted molar refractivity (Wildman–Crippen MR) is 85.7 cm³/mol. The summed E-state index contributed by atoms with van der Waals surface area (Å²) in [6.07, 6.45) is 4.86. The van der Waals surface area contributed by atoms with Crippen molar-refractivity contribution in [3.05, 3.63) is 0 Å². The molecule has 23 heavy (non-hydrogen) atoms. The molecule has 0 spiro atoms. The largest absolute Gasteiger partial charge is 0.363 e. The van der Waals surface area contributed by atoms with Gasteiger partial charge in [-0.2, -0.15) is 0 Å². The van der Waals surface area contributed by atoms with Gasteiger partial charge in [0.05, 0.1) is 12.1 Å². The van der Waals surface area contributed by atoms with Crippen molar-refractivity contribution in [3.63, 3.8) is 0 Å². The van der Waals surface area contributed by atoms with Crippen molar-refractivity contribution in [2.45, 2.75) is 69.9 Å². The molecule has 3 aliphatic heterocycles. The minimum atomic E-state index is -1.05. The van der Waals surface area contributed by atoms with Crippen LogP contribution in [0.4, 0.5) is 0 Å². The average Bonchev–Trinajstić information content (AvgIpc) is 2.79. The van der Waals surface area contributed by atoms with Crippen LogP contribution in [-0.2, 0) is 4.79 Å². The highest BCUT2D eigenvalue weighted by molar-refractivity contribution is 5.82. The lowest BCUT2D eigenvalue weighted by atomic mass is 9.98. The van der Waals surface area contributed by atoms with Crippen LogP contribution in [0, 0.1) is 0 Å². The summed E-state index contributed by atoms with van der Waals surface area (Å²) in [7, 11) is 0. The lowest BCUT2D eigenvalue weighted by molar-refractivity contribution is -0.221. The second-order valence-corrected chi connectivity index (χ2v) is 7.15. The number of nitrogens with one attached hydrogen (secondary N) is 1. The Labute approximate surface area is 138 Å². The summed E-state index contributed by atoms with van der Waals surface area (Å²) in [5.74, 6) is 0.00445. The summed E-state index contributed by atoms with van der Waals surface area (Å²) in [5.41, 5.74) is 0. The summed E-state index contributed by atoms with van der Waals surface area (Å²) >= 11 is 0. The second kappa shape index (κ2) is 7.44. The third-order valence-electron chi connectivity index (χ3n) is 5.57. The molecule has 0 aliphatic carbocycles. The topological polar surface area (TPSA) is 79.3 Å². The Kier molecular flexibility index (Phi) is 5.53. The SMILES string of the molecule is CCCCN1CCC(NC(=O)[C@@H]2CC[C@@H]3CN2C(O)N3O)CC1. The summed E-state index contributed by atoms with van der Waals surface area (Å²) < 4.78 is 0. The number of fused-ring (bicyclic) bond motifs is 2. The molecule has 2 unspecified atom stereocenters. The Morgan fingerprint density at radius 2 is 1.96 bits per heavy atom. The number of unbranched alkanes of at least 4 members (excludes halogenated alkanes) is 1. The van der Waals surface area contributed by atoms with Crippen molar-refractivity contribution < 1.29 is 15.1 Å². The third kappa shape index (κ3) is 3.69. The number of rotatable bonds is 5. The number of aliphatic hydroxyl groups is 1. The lowest BCUT2D eigenvalue weighted by Crippen LogP contribution is -2.54. The minimum Gasteiger partial charge on any atom is -0.363 e. The molecule has 4 atom stereocenters. The molecule has 0 aromatic heterocycles. The van der Waals surface area contributed by atoms with E-state index in [2.05, 4.69) is 17.1 Å². The van der Waals surface area contributed by atoms with Gasteiger partial charge in [0, 0.05) is 25.7 Å². The number of aliphatic hydroxyl groups excluding tert-OH is 1. The van der Waals surface area contributed by atoms with Crippen molar-refractivity contribution >= 4 is 5.91 Å². The summed E-state index contributed by atoms with van der Waals surface area (Å²) in [6, 6.07) is -0.129. The van der Waals surface area contributed by atoms with Crippen LogP contribution < -0.4 is 5.32 Å². The highest BCUT2D eigenvalue weighted by Crippen LogP contribution is 2.30. The number of piperidine rings is 2. The zero-order valence-electron chi connectivity index (χ0n) is 14.0. The number of nitrogens with zero attached hydrogens (tertiary/aromatic N) is 3. The maximum absolute atomic E-state index is 12.6. The average molecular weight is 326 g/mol. The van der Waals surface area contributed by atoms with Crippen LogP contribution in [0.15, 0.2) is 0 Å². The molecule has 0 aromatic rings. The molecule has 3 fully saturated rings. The van der Waals surface area contributed by atoms with Gasteiger partial charge in [-0.15, -0.1) is 5.06 Å². The molecule has 2 bridgehead atoms. The van der Waals surface area contributed by atoms with E-state index in [0.29, 0.717) is 13.0 Å². The van der Waals surface area contributed by atoms with Gasteiger partial charge in [0.2, 0.25) is 5.91 Å². The molecular weight excluding hydrogens is 296 g/mol. The number of hydroxylamine groups is 2. The predicted octanol–water partition coefficient (Wildman–Crippen LogP) is 0.181. The molecule has 0 radical (unpaired) electrons. The molecule has 3 rings (SSSR count). The molecule has 3 N–H and O–H groups in total. The number of hydrogen-bond donors (Lipinski definition) is 3. The van der Waals surface area contributed by atoms with Gasteiger partial charge in [0.1, 0.15) is 0 Å². The first-order chi connectivity index (χ1) is 11.1. The summed E-state index contributed by atoms with van der Waals surface area (Å²) in [5, 5.41) is 24.0. The van der Waals surface area contributed by atoms with Crippen LogP contribution in [0.3, 0.4) is 0 Å². The van der Waals surface area contributed by atoms with Crippen molar-refractivity contribution in [3.8, 4) is 0 Å². The fraction of sp³-hybridized carbons (Fsp3) is 0.938. The van der Waals surface area contributed by atoms with E-state index in [1.807, 2.05) is 0 Å². The van der Waals surface area contributed by atoms with E-state index >= 15 is 0 Å². The van der Waals surface area contributed by atoms with Crippen LogP contribution in [0.1, 0.15) is 45.4 Å². The van der Waals surface area contributed by atoms with E-state index < -0.39 is 6.35 Å². The van der Waals surface area contributed by atoms with Gasteiger partial charge in [0.15, 0.2) is 6.35 Å². The number of amides is 1. The summed E-state index contributed by atoms with van der Waals surface area (Å²) in [4.78, 5) is 16.8. The Hall–Kier alpha value is -0.730. The molecule has 132 valence electrons. The molecule has 0 saturated carbocycles. The van der Waals surface area contributed by atoms with Crippen LogP contribution in [0.2, 0.25) is 0 Å². The van der Waals surface area contributed by atoms with Crippen LogP contribution in [0.25, 0.3) is 0 Å². The zero-order valence-corrected chi connectivity index (χ0v) is 14.0. The first-order valence-corrected chi connectivity index (χ1v) is 9.04. The fourth-order valence-electron chi connectivity index (χ4n) is 4.05. The van der Waals surface area contributed by atoms with Crippen molar-refractivity contribution in [2.75, 3.05) is 26.2 Å². The molecular formula is C16H30N4O3. The molecule has 1 amide bonds. The van der Waals surface area contributed by atoms with E-state index in [9.17, 15) is 15.1 Å². The highest BCUT2D eigenvalue weighted by atomic mass is 16.6. The Bertz CT molecular complexity index is 414. The highest BCUT2D eigenvalue weighted by Gasteiger charge is 2.47. The Morgan fingerprint density at radius 1 is 1.22 bits per heavy atom. The number of hydrogen-bond acceptors (Lipinski definition) is 6. The van der Waals surface area contributed by atoms with E-state index in [1.165, 1.54) is 12.8 Å². The second-order valence-electron chi connectivity index (χ2n) is 7.15. The van der Waals surface area contributed by atoms with Gasteiger partial charge in [0.25, 0.3) is 0 Å². The smallest absolute Gasteiger partial charge is 0.237 e. The molecule has 3 aliphatic rings. The minimum absolute atomic E-state index is 0.00445. The molecule has 7 nitrogen and oxygen atoms in total. The van der Waals surface area contributed by atoms with Gasteiger partial charge < -0.3 is 20.5 Å². The number of carbonyl (C=O) groups is 1. The number of likely N-dealkylation sites (tertiary alicyclic amines) is 1. The molecule has 3 heterocycles. The van der Waals surface area contributed by atoms with E-state index in [4.69, 9.17) is 0 Å². The maximum Gasteiger partial charge on any atom is 0.237 e. The first kappa shape index (κ1) is 17.1. The Balaban J connectivity index is 1.47. The van der Waals surface area contributed by atoms with E-state index in [1.54, 1.807) is 4.90 Å². The summed E-state index contributed by atoms with van der Waals surface area (Å²) in [6.45, 7) is 6.03. The Morgan fingerprint density at radius 3 is 2.65 bits per heavy atom. The first-order valence-electron chi connectivity index (χ1n) is 9.04. The number of carbonyl (C=O) groups excluding carboxylic acids is 1. The standard InChI is InChI=1S/C16H30N4O3/c1-2-3-8-18-9-6-12(7-10-18)17-15(21)14-5-4-13-11-19(14)16(22)20(13)23/h12-14,16,22-23H,2-11H2,1H3,(H,17,21)/t13-,14+,16?/m1/s1. The monoisotopic (exact) mass is 326 g/mol.